The Labute approximate surface area is 147 Å². The van der Waals surface area contributed by atoms with Crippen LogP contribution in [0.3, 0.4) is 0 Å². The summed E-state index contributed by atoms with van der Waals surface area (Å²) in [6.07, 6.45) is 9.59. The third-order valence-corrected chi connectivity index (χ3v) is 5.11. The number of aromatic nitrogens is 2. The zero-order valence-electron chi connectivity index (χ0n) is 14.5. The van der Waals surface area contributed by atoms with E-state index in [-0.39, 0.29) is 11.8 Å². The standard InChI is InChI=1S/C21H23N3O/c1-15-8-7-13-24-14-19(22-20(15)24)17-11-5-6-12-18(17)23-21(25)16-9-3-2-4-10-16/h5-8,11-14,16H,2-4,9-10H2,1H3,(H,23,25). The first-order chi connectivity index (χ1) is 12.2. The van der Waals surface area contributed by atoms with Crippen molar-refractivity contribution >= 4 is 17.2 Å². The number of anilines is 1. The fourth-order valence-corrected chi connectivity index (χ4v) is 3.70. The van der Waals surface area contributed by atoms with Crippen LogP contribution in [0.2, 0.25) is 0 Å². The number of para-hydroxylation sites is 1. The number of nitrogens with zero attached hydrogens (tertiary/aromatic N) is 2. The molecule has 1 aliphatic rings. The van der Waals surface area contributed by atoms with Gasteiger partial charge in [0.1, 0.15) is 5.65 Å². The SMILES string of the molecule is Cc1cccn2cc(-c3ccccc3NC(=O)C3CCCCC3)nc12. The number of hydrogen-bond donors (Lipinski definition) is 1. The second-order valence-electron chi connectivity index (χ2n) is 6.92. The van der Waals surface area contributed by atoms with E-state index in [0.29, 0.717) is 0 Å². The first-order valence-electron chi connectivity index (χ1n) is 9.07. The summed E-state index contributed by atoms with van der Waals surface area (Å²) in [5.74, 6) is 0.289. The van der Waals surface area contributed by atoms with Crippen molar-refractivity contribution < 1.29 is 4.79 Å². The number of carbonyl (C=O) groups is 1. The highest BCUT2D eigenvalue weighted by Crippen LogP contribution is 2.30. The summed E-state index contributed by atoms with van der Waals surface area (Å²) in [5.41, 5.74) is 4.78. The van der Waals surface area contributed by atoms with Crippen molar-refractivity contribution in [2.75, 3.05) is 5.32 Å². The van der Waals surface area contributed by atoms with Crippen LogP contribution in [-0.4, -0.2) is 15.3 Å². The van der Waals surface area contributed by atoms with Gasteiger partial charge in [0.15, 0.2) is 0 Å². The summed E-state index contributed by atoms with van der Waals surface area (Å²) in [4.78, 5) is 17.4. The van der Waals surface area contributed by atoms with E-state index in [1.807, 2.05) is 47.1 Å². The third-order valence-electron chi connectivity index (χ3n) is 5.11. The molecular formula is C21H23N3O. The van der Waals surface area contributed by atoms with Gasteiger partial charge in [-0.15, -0.1) is 0 Å². The summed E-state index contributed by atoms with van der Waals surface area (Å²) in [6.45, 7) is 2.06. The molecule has 1 aliphatic carbocycles. The van der Waals surface area contributed by atoms with Crippen LogP contribution in [0.25, 0.3) is 16.9 Å². The Hall–Kier alpha value is -2.62. The van der Waals surface area contributed by atoms with E-state index in [0.717, 1.165) is 53.8 Å². The van der Waals surface area contributed by atoms with Crippen molar-refractivity contribution in [3.05, 3.63) is 54.4 Å². The highest BCUT2D eigenvalue weighted by Gasteiger charge is 2.22. The van der Waals surface area contributed by atoms with Crippen molar-refractivity contribution in [1.82, 2.24) is 9.38 Å². The van der Waals surface area contributed by atoms with Crippen LogP contribution in [-0.2, 0) is 4.79 Å². The van der Waals surface area contributed by atoms with Gasteiger partial charge in [0.05, 0.1) is 11.4 Å². The number of nitrogens with one attached hydrogen (secondary N) is 1. The van der Waals surface area contributed by atoms with Crippen LogP contribution < -0.4 is 5.32 Å². The second-order valence-corrected chi connectivity index (χ2v) is 6.92. The summed E-state index contributed by atoms with van der Waals surface area (Å²) in [6, 6.07) is 12.0. The Morgan fingerprint density at radius 1 is 1.12 bits per heavy atom. The normalized spacial score (nSPS) is 15.4. The van der Waals surface area contributed by atoms with E-state index in [2.05, 4.69) is 18.3 Å². The summed E-state index contributed by atoms with van der Waals surface area (Å²) >= 11 is 0. The molecule has 0 bridgehead atoms. The van der Waals surface area contributed by atoms with Crippen LogP contribution in [0.5, 0.6) is 0 Å². The number of fused-ring (bicyclic) bond motifs is 1. The minimum absolute atomic E-state index is 0.144. The fourth-order valence-electron chi connectivity index (χ4n) is 3.70. The number of amides is 1. The lowest BCUT2D eigenvalue weighted by atomic mass is 9.88. The molecule has 0 spiro atoms. The van der Waals surface area contributed by atoms with Crippen LogP contribution in [0.4, 0.5) is 5.69 Å². The maximum absolute atomic E-state index is 12.6. The number of pyridine rings is 1. The van der Waals surface area contributed by atoms with E-state index in [1.165, 1.54) is 6.42 Å². The molecule has 3 aromatic rings. The molecule has 1 amide bonds. The number of imidazole rings is 1. The van der Waals surface area contributed by atoms with Gasteiger partial charge in [-0.25, -0.2) is 4.98 Å². The monoisotopic (exact) mass is 333 g/mol. The molecule has 25 heavy (non-hydrogen) atoms. The minimum Gasteiger partial charge on any atom is -0.325 e. The first kappa shape index (κ1) is 15.9. The molecule has 1 aromatic carbocycles. The van der Waals surface area contributed by atoms with E-state index in [4.69, 9.17) is 4.98 Å². The zero-order chi connectivity index (χ0) is 17.2. The lowest BCUT2D eigenvalue weighted by Gasteiger charge is -2.21. The molecule has 1 saturated carbocycles. The smallest absolute Gasteiger partial charge is 0.227 e. The maximum Gasteiger partial charge on any atom is 0.227 e. The van der Waals surface area contributed by atoms with Gasteiger partial charge >= 0.3 is 0 Å². The lowest BCUT2D eigenvalue weighted by molar-refractivity contribution is -0.120. The van der Waals surface area contributed by atoms with Gasteiger partial charge in [-0.05, 0) is 37.5 Å². The predicted octanol–water partition coefficient (Wildman–Crippen LogP) is 4.83. The Morgan fingerprint density at radius 2 is 1.92 bits per heavy atom. The van der Waals surface area contributed by atoms with Gasteiger partial charge in [-0.3, -0.25) is 4.79 Å². The second kappa shape index (κ2) is 6.71. The van der Waals surface area contributed by atoms with Crippen molar-refractivity contribution in [2.24, 2.45) is 5.92 Å². The van der Waals surface area contributed by atoms with Gasteiger partial charge in [0.2, 0.25) is 5.91 Å². The lowest BCUT2D eigenvalue weighted by Crippen LogP contribution is -2.24. The highest BCUT2D eigenvalue weighted by atomic mass is 16.1. The molecule has 0 unspecified atom stereocenters. The maximum atomic E-state index is 12.6. The average Bonchev–Trinajstić information content (AvgIpc) is 3.08. The molecule has 4 heteroatoms. The quantitative estimate of drug-likeness (QED) is 0.746. The number of benzene rings is 1. The topological polar surface area (TPSA) is 46.4 Å². The van der Waals surface area contributed by atoms with Crippen molar-refractivity contribution in [2.45, 2.75) is 39.0 Å². The molecule has 1 N–H and O–H groups in total. The van der Waals surface area contributed by atoms with Gasteiger partial charge in [0, 0.05) is 23.9 Å². The van der Waals surface area contributed by atoms with Gasteiger partial charge in [-0.1, -0.05) is 43.5 Å². The fraction of sp³-hybridized carbons (Fsp3) is 0.333. The molecule has 128 valence electrons. The molecule has 4 nitrogen and oxygen atoms in total. The van der Waals surface area contributed by atoms with E-state index < -0.39 is 0 Å². The molecular weight excluding hydrogens is 310 g/mol. The molecule has 2 heterocycles. The number of hydrogen-bond acceptors (Lipinski definition) is 2. The molecule has 0 aliphatic heterocycles. The third kappa shape index (κ3) is 3.16. The summed E-state index contributed by atoms with van der Waals surface area (Å²) < 4.78 is 2.03. The van der Waals surface area contributed by atoms with E-state index in [1.54, 1.807) is 0 Å². The Kier molecular flexibility index (Phi) is 4.26. The van der Waals surface area contributed by atoms with Crippen LogP contribution in [0, 0.1) is 12.8 Å². The number of aryl methyl sites for hydroxylation is 1. The van der Waals surface area contributed by atoms with Crippen molar-refractivity contribution in [3.8, 4) is 11.3 Å². The number of carbonyl (C=O) groups excluding carboxylic acids is 1. The van der Waals surface area contributed by atoms with Crippen LogP contribution in [0.1, 0.15) is 37.7 Å². The number of rotatable bonds is 3. The molecule has 0 saturated heterocycles. The van der Waals surface area contributed by atoms with Gasteiger partial charge in [-0.2, -0.15) is 0 Å². The first-order valence-corrected chi connectivity index (χ1v) is 9.07. The van der Waals surface area contributed by atoms with E-state index >= 15 is 0 Å². The van der Waals surface area contributed by atoms with Crippen molar-refractivity contribution in [1.29, 1.82) is 0 Å². The highest BCUT2D eigenvalue weighted by molar-refractivity contribution is 5.96. The van der Waals surface area contributed by atoms with Crippen molar-refractivity contribution in [3.63, 3.8) is 0 Å². The Bertz CT molecular complexity index is 906. The van der Waals surface area contributed by atoms with Gasteiger partial charge in [0.25, 0.3) is 0 Å². The Balaban J connectivity index is 1.66. The zero-order valence-corrected chi connectivity index (χ0v) is 14.5. The molecule has 0 radical (unpaired) electrons. The molecule has 0 atom stereocenters. The summed E-state index contributed by atoms with van der Waals surface area (Å²) in [5, 5.41) is 3.15. The molecule has 1 fully saturated rings. The molecule has 4 rings (SSSR count). The van der Waals surface area contributed by atoms with E-state index in [9.17, 15) is 4.79 Å². The summed E-state index contributed by atoms with van der Waals surface area (Å²) in [7, 11) is 0. The average molecular weight is 333 g/mol. The van der Waals surface area contributed by atoms with Gasteiger partial charge < -0.3 is 9.72 Å². The van der Waals surface area contributed by atoms with Crippen LogP contribution in [0.15, 0.2) is 48.8 Å². The Morgan fingerprint density at radius 3 is 2.72 bits per heavy atom. The predicted molar refractivity (Wildman–Crippen MR) is 101 cm³/mol. The largest absolute Gasteiger partial charge is 0.325 e. The molecule has 2 aromatic heterocycles. The minimum atomic E-state index is 0.144. The van der Waals surface area contributed by atoms with Crippen LogP contribution >= 0.6 is 0 Å².